The first-order valence-corrected chi connectivity index (χ1v) is 12.6. The molecule has 0 bridgehead atoms. The molecule has 7 heteroatoms. The van der Waals surface area contributed by atoms with Crippen LogP contribution in [0.2, 0.25) is 0 Å². The Morgan fingerprint density at radius 3 is 2.42 bits per heavy atom. The highest BCUT2D eigenvalue weighted by atomic mass is 15.3. The summed E-state index contributed by atoms with van der Waals surface area (Å²) in [5.41, 5.74) is 10.8. The van der Waals surface area contributed by atoms with Crippen LogP contribution in [0.15, 0.2) is 24.3 Å². The van der Waals surface area contributed by atoms with Gasteiger partial charge in [-0.1, -0.05) is 39.3 Å². The number of nitrogen functional groups attached to an aromatic ring is 1. The summed E-state index contributed by atoms with van der Waals surface area (Å²) in [5, 5.41) is 6.95. The summed E-state index contributed by atoms with van der Waals surface area (Å²) in [7, 11) is 0. The lowest BCUT2D eigenvalue weighted by Gasteiger charge is -2.36. The summed E-state index contributed by atoms with van der Waals surface area (Å²) in [5.74, 6) is 1.28. The monoisotopic (exact) mass is 453 g/mol. The first kappa shape index (κ1) is 25.2. The van der Waals surface area contributed by atoms with Gasteiger partial charge < -0.3 is 21.3 Å². The van der Waals surface area contributed by atoms with Crippen LogP contribution in [-0.4, -0.2) is 60.2 Å². The van der Waals surface area contributed by atoms with E-state index < -0.39 is 0 Å². The Kier molecular flexibility index (Phi) is 9.76. The van der Waals surface area contributed by atoms with E-state index >= 15 is 0 Å². The Morgan fingerprint density at radius 1 is 1.03 bits per heavy atom. The molecule has 1 fully saturated rings. The van der Waals surface area contributed by atoms with Crippen molar-refractivity contribution < 1.29 is 0 Å². The topological polar surface area (TPSA) is 82.3 Å². The normalized spacial score (nSPS) is 14.8. The molecule has 0 spiro atoms. The molecule has 4 N–H and O–H groups in total. The van der Waals surface area contributed by atoms with Crippen LogP contribution in [0.25, 0.3) is 0 Å². The minimum absolute atomic E-state index is 0.357. The van der Waals surface area contributed by atoms with Crippen molar-refractivity contribution in [1.29, 1.82) is 0 Å². The number of nitrogens with zero attached hydrogens (tertiary/aromatic N) is 4. The quantitative estimate of drug-likeness (QED) is 0.421. The summed E-state index contributed by atoms with van der Waals surface area (Å²) in [6.07, 6.45) is 4.37. The largest absolute Gasteiger partial charge is 0.370 e. The van der Waals surface area contributed by atoms with Crippen LogP contribution in [-0.2, 0) is 13.0 Å². The van der Waals surface area contributed by atoms with Gasteiger partial charge in [-0.05, 0) is 50.4 Å². The van der Waals surface area contributed by atoms with E-state index in [-0.39, 0.29) is 0 Å². The average Bonchev–Trinajstić information content (AvgIpc) is 2.80. The van der Waals surface area contributed by atoms with Crippen molar-refractivity contribution >= 4 is 17.5 Å². The second-order valence-electron chi connectivity index (χ2n) is 9.41. The third kappa shape index (κ3) is 7.86. The molecule has 1 aliphatic heterocycles. The molecule has 7 nitrogen and oxygen atoms in total. The van der Waals surface area contributed by atoms with Gasteiger partial charge in [0, 0.05) is 62.3 Å². The number of hydrogen-bond donors (Lipinski definition) is 3. The van der Waals surface area contributed by atoms with E-state index in [0.717, 1.165) is 83.0 Å². The molecule has 182 valence electrons. The third-order valence-corrected chi connectivity index (χ3v) is 6.34. The smallest absolute Gasteiger partial charge is 0.222 e. The number of hydrogen-bond acceptors (Lipinski definition) is 7. The molecule has 2 aromatic rings. The number of nitrogens with two attached hydrogens (primary N) is 1. The maximum absolute atomic E-state index is 5.90. The SMILES string of the molecule is CCCCNc1nc(N)nc(C)c1CCCN1CCN(c2ccc(CNC(C)C)cc2)CC1. The molecular weight excluding hydrogens is 410 g/mol. The van der Waals surface area contributed by atoms with Crippen molar-refractivity contribution in [2.75, 3.05) is 55.2 Å². The first-order chi connectivity index (χ1) is 16.0. The van der Waals surface area contributed by atoms with Gasteiger partial charge in [0.15, 0.2) is 0 Å². The number of rotatable bonds is 12. The summed E-state index contributed by atoms with van der Waals surface area (Å²) in [4.78, 5) is 14.0. The number of anilines is 3. The molecular formula is C26H43N7. The van der Waals surface area contributed by atoms with Gasteiger partial charge in [-0.15, -0.1) is 0 Å². The van der Waals surface area contributed by atoms with Gasteiger partial charge >= 0.3 is 0 Å². The van der Waals surface area contributed by atoms with E-state index in [9.17, 15) is 0 Å². The number of piperazine rings is 1. The van der Waals surface area contributed by atoms with Crippen LogP contribution in [0, 0.1) is 6.92 Å². The minimum Gasteiger partial charge on any atom is -0.370 e. The lowest BCUT2D eigenvalue weighted by atomic mass is 10.1. The van der Waals surface area contributed by atoms with Crippen molar-refractivity contribution in [3.8, 4) is 0 Å². The van der Waals surface area contributed by atoms with Crippen molar-refractivity contribution in [3.05, 3.63) is 41.1 Å². The van der Waals surface area contributed by atoms with E-state index in [1.54, 1.807) is 0 Å². The van der Waals surface area contributed by atoms with Gasteiger partial charge in [-0.2, -0.15) is 4.98 Å². The van der Waals surface area contributed by atoms with Gasteiger partial charge in [0.2, 0.25) is 5.95 Å². The van der Waals surface area contributed by atoms with Crippen LogP contribution in [0.4, 0.5) is 17.5 Å². The van der Waals surface area contributed by atoms with Crippen molar-refractivity contribution in [1.82, 2.24) is 20.2 Å². The Bertz CT molecular complexity index is 842. The lowest BCUT2D eigenvalue weighted by Crippen LogP contribution is -2.46. The zero-order valence-corrected chi connectivity index (χ0v) is 21.0. The molecule has 1 saturated heterocycles. The minimum atomic E-state index is 0.357. The van der Waals surface area contributed by atoms with Crippen LogP contribution >= 0.6 is 0 Å². The van der Waals surface area contributed by atoms with Gasteiger partial charge in [-0.3, -0.25) is 4.90 Å². The zero-order valence-electron chi connectivity index (χ0n) is 21.0. The molecule has 3 rings (SSSR count). The molecule has 1 aromatic carbocycles. The maximum Gasteiger partial charge on any atom is 0.222 e. The third-order valence-electron chi connectivity index (χ3n) is 6.34. The van der Waals surface area contributed by atoms with Crippen molar-refractivity contribution in [3.63, 3.8) is 0 Å². The molecule has 0 aliphatic carbocycles. The van der Waals surface area contributed by atoms with E-state index in [2.05, 4.69) is 75.4 Å². The molecule has 2 heterocycles. The fourth-order valence-electron chi connectivity index (χ4n) is 4.30. The molecule has 0 atom stereocenters. The second-order valence-corrected chi connectivity index (χ2v) is 9.41. The standard InChI is InChI=1S/C26H43N7/c1-5-6-13-28-25-24(21(4)30-26(27)31-25)8-7-14-32-15-17-33(18-16-32)23-11-9-22(10-12-23)19-29-20(2)3/h9-12,20,29H,5-8,13-19H2,1-4H3,(H3,27,28,30,31). The molecule has 0 radical (unpaired) electrons. The molecule has 33 heavy (non-hydrogen) atoms. The predicted molar refractivity (Wildman–Crippen MR) is 140 cm³/mol. The van der Waals surface area contributed by atoms with E-state index in [1.807, 2.05) is 6.92 Å². The van der Waals surface area contributed by atoms with Crippen LogP contribution in [0.1, 0.15) is 56.9 Å². The Labute approximate surface area is 200 Å². The Hall–Kier alpha value is -2.38. The molecule has 0 saturated carbocycles. The van der Waals surface area contributed by atoms with Gasteiger partial charge in [0.1, 0.15) is 5.82 Å². The second kappa shape index (κ2) is 12.8. The van der Waals surface area contributed by atoms with Gasteiger partial charge in [-0.25, -0.2) is 4.98 Å². The number of benzene rings is 1. The zero-order chi connectivity index (χ0) is 23.6. The first-order valence-electron chi connectivity index (χ1n) is 12.6. The lowest BCUT2D eigenvalue weighted by molar-refractivity contribution is 0.255. The fourth-order valence-corrected chi connectivity index (χ4v) is 4.30. The maximum atomic E-state index is 5.90. The number of unbranched alkanes of at least 4 members (excludes halogenated alkanes) is 1. The highest BCUT2D eigenvalue weighted by molar-refractivity contribution is 5.50. The van der Waals surface area contributed by atoms with Crippen LogP contribution in [0.3, 0.4) is 0 Å². The molecule has 1 aromatic heterocycles. The predicted octanol–water partition coefficient (Wildman–Crippen LogP) is 3.83. The van der Waals surface area contributed by atoms with Gasteiger partial charge in [0.05, 0.1) is 0 Å². The van der Waals surface area contributed by atoms with Crippen LogP contribution in [0.5, 0.6) is 0 Å². The summed E-state index contributed by atoms with van der Waals surface area (Å²) in [6, 6.07) is 9.55. The number of aryl methyl sites for hydroxylation is 1. The summed E-state index contributed by atoms with van der Waals surface area (Å²) < 4.78 is 0. The van der Waals surface area contributed by atoms with E-state index in [0.29, 0.717) is 12.0 Å². The van der Waals surface area contributed by atoms with Crippen LogP contribution < -0.4 is 21.3 Å². The Balaban J connectivity index is 1.45. The number of nitrogens with one attached hydrogen (secondary N) is 2. The fraction of sp³-hybridized carbons (Fsp3) is 0.615. The van der Waals surface area contributed by atoms with Crippen molar-refractivity contribution in [2.24, 2.45) is 0 Å². The molecule has 0 amide bonds. The molecule has 0 unspecified atom stereocenters. The highest BCUT2D eigenvalue weighted by Crippen LogP contribution is 2.21. The highest BCUT2D eigenvalue weighted by Gasteiger charge is 2.18. The average molecular weight is 454 g/mol. The number of aromatic nitrogens is 2. The van der Waals surface area contributed by atoms with Gasteiger partial charge in [0.25, 0.3) is 0 Å². The van der Waals surface area contributed by atoms with E-state index in [4.69, 9.17) is 5.73 Å². The molecule has 1 aliphatic rings. The van der Waals surface area contributed by atoms with E-state index in [1.165, 1.54) is 16.8 Å². The Morgan fingerprint density at radius 2 is 1.76 bits per heavy atom. The summed E-state index contributed by atoms with van der Waals surface area (Å²) >= 11 is 0. The van der Waals surface area contributed by atoms with Crippen molar-refractivity contribution in [2.45, 2.75) is 66.0 Å². The summed E-state index contributed by atoms with van der Waals surface area (Å²) in [6.45, 7) is 15.9.